The van der Waals surface area contributed by atoms with Gasteiger partial charge in [0.15, 0.2) is 0 Å². The molecule has 5 rings (SSSR count). The van der Waals surface area contributed by atoms with Crippen molar-refractivity contribution in [1.29, 1.82) is 0 Å². The second-order valence-corrected chi connectivity index (χ2v) is 8.58. The number of rotatable bonds is 1. The van der Waals surface area contributed by atoms with E-state index in [1.807, 2.05) is 0 Å². The van der Waals surface area contributed by atoms with Crippen molar-refractivity contribution in [2.24, 2.45) is 5.10 Å². The Labute approximate surface area is 162 Å². The summed E-state index contributed by atoms with van der Waals surface area (Å²) in [5.41, 5.74) is 3.31. The molecule has 134 valence electrons. The molecule has 3 heterocycles. The van der Waals surface area contributed by atoms with E-state index in [1.54, 1.807) is 4.90 Å². The molecule has 26 heavy (non-hydrogen) atoms. The number of hydrazone groups is 1. The zero-order valence-corrected chi connectivity index (χ0v) is 16.5. The quantitative estimate of drug-likeness (QED) is 0.779. The van der Waals surface area contributed by atoms with Crippen LogP contribution in [-0.4, -0.2) is 36.6 Å². The largest absolute Gasteiger partial charge is 0.466 e. The Balaban J connectivity index is 1.58. The van der Waals surface area contributed by atoms with Gasteiger partial charge in [-0.2, -0.15) is 5.10 Å². The summed E-state index contributed by atoms with van der Waals surface area (Å²) in [6.07, 6.45) is 2.96. The van der Waals surface area contributed by atoms with Crippen LogP contribution in [0.1, 0.15) is 36.4 Å². The molecule has 1 N–H and O–H groups in total. The summed E-state index contributed by atoms with van der Waals surface area (Å²) >= 11 is 3.59. The number of ether oxygens (including phenoxy) is 1. The van der Waals surface area contributed by atoms with E-state index in [4.69, 9.17) is 9.84 Å². The van der Waals surface area contributed by atoms with Crippen LogP contribution >= 0.6 is 15.9 Å². The van der Waals surface area contributed by atoms with Crippen molar-refractivity contribution in [1.82, 2.24) is 5.01 Å². The minimum atomic E-state index is -0.299. The van der Waals surface area contributed by atoms with E-state index < -0.39 is 0 Å². The molecule has 0 radical (unpaired) electrons. The molecule has 0 saturated carbocycles. The molecule has 0 bridgehead atoms. The zero-order valence-electron chi connectivity index (χ0n) is 14.9. The molecule has 0 unspecified atom stereocenters. The van der Waals surface area contributed by atoms with Crippen LogP contribution < -0.4 is 9.64 Å². The van der Waals surface area contributed by atoms with Gasteiger partial charge in [-0.3, -0.25) is 0 Å². The Kier molecular flexibility index (Phi) is 3.83. The average molecular weight is 413 g/mol. The van der Waals surface area contributed by atoms with Crippen molar-refractivity contribution >= 4 is 21.6 Å². The highest BCUT2D eigenvalue weighted by Gasteiger charge is 2.52. The number of hydrogen-bond donors (Lipinski definition) is 1. The second kappa shape index (κ2) is 6.10. The summed E-state index contributed by atoms with van der Waals surface area (Å²) in [5, 5.41) is 7.41. The summed E-state index contributed by atoms with van der Waals surface area (Å²) in [6.45, 7) is 2.24. The minimum absolute atomic E-state index is 0.271. The third-order valence-electron chi connectivity index (χ3n) is 5.95. The van der Waals surface area contributed by atoms with Crippen molar-refractivity contribution in [2.45, 2.75) is 31.0 Å². The van der Waals surface area contributed by atoms with Gasteiger partial charge in [-0.25, -0.2) is 5.01 Å². The van der Waals surface area contributed by atoms with Gasteiger partial charge < -0.3 is 9.64 Å². The number of quaternary nitrogens is 1. The molecule has 0 aromatic heterocycles. The highest BCUT2D eigenvalue weighted by molar-refractivity contribution is 9.10. The molecule has 3 aliphatic heterocycles. The first-order valence-electron chi connectivity index (χ1n) is 9.37. The molecular formula is C21H23BrN3O+. The Morgan fingerprint density at radius 1 is 1.15 bits per heavy atom. The van der Waals surface area contributed by atoms with Gasteiger partial charge in [0.25, 0.3) is 0 Å². The van der Waals surface area contributed by atoms with Crippen molar-refractivity contribution in [3.8, 4) is 5.75 Å². The van der Waals surface area contributed by atoms with Gasteiger partial charge in [0.1, 0.15) is 5.75 Å². The van der Waals surface area contributed by atoms with Crippen molar-refractivity contribution in [2.75, 3.05) is 20.1 Å². The molecule has 0 amide bonds. The fourth-order valence-corrected chi connectivity index (χ4v) is 4.87. The lowest BCUT2D eigenvalue weighted by Crippen LogP contribution is -3.11. The summed E-state index contributed by atoms with van der Waals surface area (Å²) in [6, 6.07) is 17.2. The monoisotopic (exact) mass is 412 g/mol. The number of likely N-dealkylation sites (tertiary alicyclic amines) is 1. The Morgan fingerprint density at radius 3 is 2.77 bits per heavy atom. The lowest BCUT2D eigenvalue weighted by Gasteiger charge is -2.49. The molecule has 1 spiro atoms. The Bertz CT molecular complexity index is 873. The average Bonchev–Trinajstić information content (AvgIpc) is 3.11. The van der Waals surface area contributed by atoms with Gasteiger partial charge in [-0.05, 0) is 23.8 Å². The van der Waals surface area contributed by atoms with Crippen LogP contribution in [-0.2, 0) is 0 Å². The summed E-state index contributed by atoms with van der Waals surface area (Å²) < 4.78 is 7.72. The number of hydrogen-bond acceptors (Lipinski definition) is 3. The fourth-order valence-electron chi connectivity index (χ4n) is 4.47. The second-order valence-electron chi connectivity index (χ2n) is 7.66. The number of para-hydroxylation sites is 1. The molecule has 3 aliphatic rings. The van der Waals surface area contributed by atoms with E-state index in [-0.39, 0.29) is 11.8 Å². The van der Waals surface area contributed by atoms with E-state index in [9.17, 15) is 0 Å². The van der Waals surface area contributed by atoms with Gasteiger partial charge in [0, 0.05) is 16.5 Å². The van der Waals surface area contributed by atoms with E-state index >= 15 is 0 Å². The molecule has 1 saturated heterocycles. The first-order valence-corrected chi connectivity index (χ1v) is 10.2. The molecule has 2 aromatic carbocycles. The van der Waals surface area contributed by atoms with Gasteiger partial charge in [-0.1, -0.05) is 46.3 Å². The first kappa shape index (κ1) is 16.3. The number of piperidine rings is 1. The highest BCUT2D eigenvalue weighted by Crippen LogP contribution is 2.49. The third kappa shape index (κ3) is 2.57. The summed E-state index contributed by atoms with van der Waals surface area (Å²) in [7, 11) is 2.27. The lowest BCUT2D eigenvalue weighted by molar-refractivity contribution is -0.888. The fraction of sp³-hybridized carbons (Fsp3) is 0.381. The predicted molar refractivity (Wildman–Crippen MR) is 106 cm³/mol. The van der Waals surface area contributed by atoms with Crippen molar-refractivity contribution in [3.63, 3.8) is 0 Å². The van der Waals surface area contributed by atoms with Gasteiger partial charge in [0.2, 0.25) is 5.72 Å². The number of nitrogens with zero attached hydrogens (tertiary/aromatic N) is 2. The van der Waals surface area contributed by atoms with E-state index in [2.05, 4.69) is 76.5 Å². The predicted octanol–water partition coefficient (Wildman–Crippen LogP) is 3.00. The van der Waals surface area contributed by atoms with Crippen LogP contribution in [0.5, 0.6) is 5.75 Å². The molecule has 5 heteroatoms. The molecule has 1 fully saturated rings. The van der Waals surface area contributed by atoms with Gasteiger partial charge in [0.05, 0.1) is 44.7 Å². The molecular weight excluding hydrogens is 390 g/mol. The molecule has 4 nitrogen and oxygen atoms in total. The Hall–Kier alpha value is -1.85. The van der Waals surface area contributed by atoms with Crippen molar-refractivity contribution in [3.05, 3.63) is 64.1 Å². The maximum Gasteiger partial charge on any atom is 0.208 e. The summed E-state index contributed by atoms with van der Waals surface area (Å²) in [5.74, 6) is 1.04. The SMILES string of the molecule is C[NH+]1CCC2(CC1)Oc1ccccc1[C@@H]1CC(c3cccc(Br)c3)=NN12. The van der Waals surface area contributed by atoms with Crippen LogP contribution in [0.25, 0.3) is 0 Å². The van der Waals surface area contributed by atoms with E-state index in [1.165, 1.54) is 11.1 Å². The molecule has 0 aliphatic carbocycles. The van der Waals surface area contributed by atoms with Crippen LogP contribution in [0, 0.1) is 0 Å². The highest BCUT2D eigenvalue weighted by atomic mass is 79.9. The first-order chi connectivity index (χ1) is 12.6. The van der Waals surface area contributed by atoms with Crippen LogP contribution in [0.3, 0.4) is 0 Å². The maximum atomic E-state index is 6.63. The number of benzene rings is 2. The maximum absolute atomic E-state index is 6.63. The van der Waals surface area contributed by atoms with E-state index in [0.717, 1.165) is 48.3 Å². The number of fused-ring (bicyclic) bond motifs is 4. The van der Waals surface area contributed by atoms with Crippen molar-refractivity contribution < 1.29 is 9.64 Å². The standard InChI is InChI=1S/C21H22BrN3O/c1-24-11-9-21(10-12-24)25-19(17-7-2-3-8-20(17)26-21)14-18(23-25)15-5-4-6-16(22)13-15/h2-8,13,19H,9-12,14H2,1H3/p+1/t19-/m0/s1. The van der Waals surface area contributed by atoms with Gasteiger partial charge >= 0.3 is 0 Å². The van der Waals surface area contributed by atoms with E-state index in [0.29, 0.717) is 0 Å². The number of halogens is 1. The Morgan fingerprint density at radius 2 is 1.96 bits per heavy atom. The van der Waals surface area contributed by atoms with Crippen LogP contribution in [0.2, 0.25) is 0 Å². The summed E-state index contributed by atoms with van der Waals surface area (Å²) in [4.78, 5) is 1.57. The van der Waals surface area contributed by atoms with Crippen LogP contribution in [0.4, 0.5) is 0 Å². The van der Waals surface area contributed by atoms with Gasteiger partial charge in [-0.15, -0.1) is 0 Å². The zero-order chi connectivity index (χ0) is 17.7. The number of nitrogens with one attached hydrogen (secondary N) is 1. The third-order valence-corrected chi connectivity index (χ3v) is 6.44. The van der Waals surface area contributed by atoms with Crippen LogP contribution in [0.15, 0.2) is 58.1 Å². The normalized spacial score (nSPS) is 29.8. The topological polar surface area (TPSA) is 29.3 Å². The molecule has 1 atom stereocenters. The smallest absolute Gasteiger partial charge is 0.208 e. The molecule has 2 aromatic rings. The lowest BCUT2D eigenvalue weighted by atomic mass is 9.91. The minimum Gasteiger partial charge on any atom is -0.466 e.